The molecule has 0 aromatic rings. The topological polar surface area (TPSA) is 56.7 Å². The fourth-order valence-corrected chi connectivity index (χ4v) is 3.80. The maximum atomic E-state index is 10.1. The lowest BCUT2D eigenvalue weighted by Gasteiger charge is -2.35. The SMILES string of the molecule is CCNC(=NCC1(O)CCC1)NCC1(C)CCCS1. The quantitative estimate of drug-likeness (QED) is 0.532. The zero-order chi connectivity index (χ0) is 13.8. The first-order chi connectivity index (χ1) is 9.05. The Bertz CT molecular complexity index is 323. The smallest absolute Gasteiger partial charge is 0.191 e. The first kappa shape index (κ1) is 15.0. The fourth-order valence-electron chi connectivity index (χ4n) is 2.56. The van der Waals surface area contributed by atoms with E-state index in [1.54, 1.807) is 0 Å². The Balaban J connectivity index is 1.82. The molecule has 2 fully saturated rings. The van der Waals surface area contributed by atoms with Crippen LogP contribution in [0.15, 0.2) is 4.99 Å². The highest BCUT2D eigenvalue weighted by molar-refractivity contribution is 8.00. The van der Waals surface area contributed by atoms with Gasteiger partial charge in [-0.2, -0.15) is 11.8 Å². The number of aliphatic hydroxyl groups is 1. The number of thioether (sulfide) groups is 1. The van der Waals surface area contributed by atoms with Crippen LogP contribution >= 0.6 is 11.8 Å². The van der Waals surface area contributed by atoms with E-state index < -0.39 is 5.60 Å². The van der Waals surface area contributed by atoms with Crippen LogP contribution in [0.2, 0.25) is 0 Å². The molecule has 4 nitrogen and oxygen atoms in total. The molecule has 1 unspecified atom stereocenters. The third-order valence-electron chi connectivity index (χ3n) is 4.09. The van der Waals surface area contributed by atoms with Crippen LogP contribution in [0.4, 0.5) is 0 Å². The summed E-state index contributed by atoms with van der Waals surface area (Å²) in [7, 11) is 0. The molecule has 0 aromatic carbocycles. The third kappa shape index (κ3) is 4.28. The molecule has 1 saturated carbocycles. The first-order valence-electron chi connectivity index (χ1n) is 7.44. The average Bonchev–Trinajstić information content (AvgIpc) is 2.78. The number of hydrogen-bond donors (Lipinski definition) is 3. The lowest BCUT2D eigenvalue weighted by Crippen LogP contribution is -2.46. The highest BCUT2D eigenvalue weighted by Gasteiger charge is 2.34. The van der Waals surface area contributed by atoms with Crippen LogP contribution < -0.4 is 10.6 Å². The zero-order valence-corrected chi connectivity index (χ0v) is 13.0. The molecule has 1 aliphatic heterocycles. The van der Waals surface area contributed by atoms with Gasteiger partial charge in [0.05, 0.1) is 12.1 Å². The lowest BCUT2D eigenvalue weighted by molar-refractivity contribution is -0.0236. The van der Waals surface area contributed by atoms with Crippen molar-refractivity contribution in [1.82, 2.24) is 10.6 Å². The maximum Gasteiger partial charge on any atom is 0.191 e. The summed E-state index contributed by atoms with van der Waals surface area (Å²) >= 11 is 2.05. The van der Waals surface area contributed by atoms with Crippen molar-refractivity contribution in [2.45, 2.75) is 56.3 Å². The van der Waals surface area contributed by atoms with Gasteiger partial charge in [0, 0.05) is 17.8 Å². The molecular formula is C14H27N3OS. The molecule has 3 N–H and O–H groups in total. The minimum Gasteiger partial charge on any atom is -0.388 e. The van der Waals surface area contributed by atoms with Gasteiger partial charge in [-0.1, -0.05) is 0 Å². The average molecular weight is 285 g/mol. The van der Waals surface area contributed by atoms with Crippen LogP contribution in [0.1, 0.15) is 46.0 Å². The molecule has 2 rings (SSSR count). The highest BCUT2D eigenvalue weighted by Crippen LogP contribution is 2.37. The van der Waals surface area contributed by atoms with E-state index >= 15 is 0 Å². The summed E-state index contributed by atoms with van der Waals surface area (Å²) in [4.78, 5) is 4.53. The molecule has 5 heteroatoms. The van der Waals surface area contributed by atoms with Crippen molar-refractivity contribution in [1.29, 1.82) is 0 Å². The Kier molecular flexibility index (Phi) is 5.01. The molecule has 0 bridgehead atoms. The molecule has 0 spiro atoms. The number of hydrogen-bond acceptors (Lipinski definition) is 3. The summed E-state index contributed by atoms with van der Waals surface area (Å²) in [5, 5.41) is 16.8. The summed E-state index contributed by atoms with van der Waals surface area (Å²) in [5.74, 6) is 2.11. The van der Waals surface area contributed by atoms with E-state index in [4.69, 9.17) is 0 Å². The Hall–Kier alpha value is -0.420. The Labute approximate surface area is 120 Å². The number of rotatable bonds is 5. The van der Waals surface area contributed by atoms with Crippen molar-refractivity contribution in [3.8, 4) is 0 Å². The van der Waals surface area contributed by atoms with Crippen LogP contribution in [0.25, 0.3) is 0 Å². The fraction of sp³-hybridized carbons (Fsp3) is 0.929. The molecule has 1 saturated heterocycles. The first-order valence-corrected chi connectivity index (χ1v) is 8.42. The van der Waals surface area contributed by atoms with Gasteiger partial charge < -0.3 is 15.7 Å². The largest absolute Gasteiger partial charge is 0.388 e. The van der Waals surface area contributed by atoms with Gasteiger partial charge in [0.15, 0.2) is 5.96 Å². The van der Waals surface area contributed by atoms with Crippen molar-refractivity contribution in [3.05, 3.63) is 0 Å². The molecule has 1 aliphatic carbocycles. The number of guanidine groups is 1. The summed E-state index contributed by atoms with van der Waals surface area (Å²) in [6.07, 6.45) is 5.50. The van der Waals surface area contributed by atoms with E-state index in [0.29, 0.717) is 11.3 Å². The summed E-state index contributed by atoms with van der Waals surface area (Å²) in [6, 6.07) is 0. The summed E-state index contributed by atoms with van der Waals surface area (Å²) in [5.41, 5.74) is -0.533. The van der Waals surface area contributed by atoms with Crippen LogP contribution in [0, 0.1) is 0 Å². The lowest BCUT2D eigenvalue weighted by atomic mass is 9.80. The van der Waals surface area contributed by atoms with Gasteiger partial charge in [0.2, 0.25) is 0 Å². The van der Waals surface area contributed by atoms with E-state index in [1.807, 2.05) is 11.8 Å². The minimum atomic E-state index is -0.533. The van der Waals surface area contributed by atoms with Crippen molar-refractivity contribution in [2.24, 2.45) is 4.99 Å². The second kappa shape index (κ2) is 6.35. The van der Waals surface area contributed by atoms with Gasteiger partial charge in [-0.05, 0) is 51.7 Å². The molecule has 0 amide bonds. The van der Waals surface area contributed by atoms with Crippen LogP contribution in [-0.4, -0.2) is 46.8 Å². The maximum absolute atomic E-state index is 10.1. The van der Waals surface area contributed by atoms with Gasteiger partial charge in [-0.3, -0.25) is 4.99 Å². The van der Waals surface area contributed by atoms with Crippen molar-refractivity contribution in [3.63, 3.8) is 0 Å². The van der Waals surface area contributed by atoms with Gasteiger partial charge in [-0.15, -0.1) is 0 Å². The molecule has 1 atom stereocenters. The van der Waals surface area contributed by atoms with E-state index in [-0.39, 0.29) is 0 Å². The second-order valence-electron chi connectivity index (χ2n) is 6.03. The Morgan fingerprint density at radius 1 is 1.26 bits per heavy atom. The van der Waals surface area contributed by atoms with E-state index in [0.717, 1.165) is 38.3 Å². The molecule has 0 radical (unpaired) electrons. The molecule has 2 aliphatic rings. The van der Waals surface area contributed by atoms with Crippen molar-refractivity contribution < 1.29 is 5.11 Å². The van der Waals surface area contributed by atoms with E-state index in [2.05, 4.69) is 29.5 Å². The second-order valence-corrected chi connectivity index (χ2v) is 7.71. The van der Waals surface area contributed by atoms with Gasteiger partial charge >= 0.3 is 0 Å². The predicted octanol–water partition coefficient (Wildman–Crippen LogP) is 1.74. The van der Waals surface area contributed by atoms with Crippen molar-refractivity contribution in [2.75, 3.05) is 25.4 Å². The summed E-state index contributed by atoms with van der Waals surface area (Å²) in [6.45, 7) is 6.71. The summed E-state index contributed by atoms with van der Waals surface area (Å²) < 4.78 is 0.337. The van der Waals surface area contributed by atoms with E-state index in [1.165, 1.54) is 18.6 Å². The molecular weight excluding hydrogens is 258 g/mol. The van der Waals surface area contributed by atoms with Crippen LogP contribution in [0.5, 0.6) is 0 Å². The van der Waals surface area contributed by atoms with Gasteiger partial charge in [0.1, 0.15) is 0 Å². The standard InChI is InChI=1S/C14H27N3OS/c1-3-15-12(17-11-14(18)7-4-8-14)16-10-13(2)6-5-9-19-13/h18H,3-11H2,1-2H3,(H2,15,16,17). The molecule has 110 valence electrons. The van der Waals surface area contributed by atoms with Gasteiger partial charge in [0.25, 0.3) is 0 Å². The molecule has 0 aromatic heterocycles. The number of nitrogens with zero attached hydrogens (tertiary/aromatic N) is 1. The van der Waals surface area contributed by atoms with E-state index in [9.17, 15) is 5.11 Å². The number of aliphatic imine (C=N–C) groups is 1. The Morgan fingerprint density at radius 2 is 2.05 bits per heavy atom. The van der Waals surface area contributed by atoms with Gasteiger partial charge in [-0.25, -0.2) is 0 Å². The number of nitrogens with one attached hydrogen (secondary N) is 2. The van der Waals surface area contributed by atoms with Crippen LogP contribution in [-0.2, 0) is 0 Å². The predicted molar refractivity (Wildman–Crippen MR) is 82.9 cm³/mol. The highest BCUT2D eigenvalue weighted by atomic mass is 32.2. The molecule has 19 heavy (non-hydrogen) atoms. The van der Waals surface area contributed by atoms with Crippen molar-refractivity contribution >= 4 is 17.7 Å². The molecule has 1 heterocycles. The minimum absolute atomic E-state index is 0.337. The normalized spacial score (nSPS) is 29.9. The third-order valence-corrected chi connectivity index (χ3v) is 5.63. The Morgan fingerprint density at radius 3 is 2.58 bits per heavy atom. The zero-order valence-electron chi connectivity index (χ0n) is 12.2. The van der Waals surface area contributed by atoms with Crippen LogP contribution in [0.3, 0.4) is 0 Å². The monoisotopic (exact) mass is 285 g/mol.